The SMILES string of the molecule is CCC(C)n1ncc(C(=O)NCC2CC(c3ccccc3)C2)c1C1CC1. The fourth-order valence-corrected chi connectivity index (χ4v) is 4.07. The zero-order valence-electron chi connectivity index (χ0n) is 15.8. The third-order valence-electron chi connectivity index (χ3n) is 6.11. The zero-order chi connectivity index (χ0) is 18.1. The molecule has 26 heavy (non-hydrogen) atoms. The maximum absolute atomic E-state index is 12.8. The first-order valence-electron chi connectivity index (χ1n) is 10.1. The zero-order valence-corrected chi connectivity index (χ0v) is 15.8. The number of nitrogens with one attached hydrogen (secondary N) is 1. The second-order valence-electron chi connectivity index (χ2n) is 8.07. The van der Waals surface area contributed by atoms with Crippen LogP contribution in [0.2, 0.25) is 0 Å². The second-order valence-corrected chi connectivity index (χ2v) is 8.07. The minimum absolute atomic E-state index is 0.0598. The van der Waals surface area contributed by atoms with Gasteiger partial charge in [0.15, 0.2) is 0 Å². The van der Waals surface area contributed by atoms with Gasteiger partial charge in [0.1, 0.15) is 0 Å². The summed E-state index contributed by atoms with van der Waals surface area (Å²) in [5.41, 5.74) is 3.39. The molecule has 2 aromatic rings. The van der Waals surface area contributed by atoms with Crippen molar-refractivity contribution >= 4 is 5.91 Å². The molecule has 1 N–H and O–H groups in total. The van der Waals surface area contributed by atoms with Crippen molar-refractivity contribution < 1.29 is 4.79 Å². The number of amides is 1. The smallest absolute Gasteiger partial charge is 0.254 e. The molecule has 2 aliphatic carbocycles. The number of rotatable bonds is 7. The maximum Gasteiger partial charge on any atom is 0.254 e. The molecule has 1 aromatic carbocycles. The van der Waals surface area contributed by atoms with E-state index < -0.39 is 0 Å². The lowest BCUT2D eigenvalue weighted by atomic mass is 9.71. The number of hydrogen-bond donors (Lipinski definition) is 1. The highest BCUT2D eigenvalue weighted by Crippen LogP contribution is 2.43. The molecule has 1 unspecified atom stereocenters. The minimum Gasteiger partial charge on any atom is -0.352 e. The highest BCUT2D eigenvalue weighted by atomic mass is 16.1. The largest absolute Gasteiger partial charge is 0.352 e. The molecule has 1 heterocycles. The summed E-state index contributed by atoms with van der Waals surface area (Å²) >= 11 is 0. The summed E-state index contributed by atoms with van der Waals surface area (Å²) in [5.74, 6) is 1.84. The van der Waals surface area contributed by atoms with Crippen molar-refractivity contribution in [3.05, 3.63) is 53.3 Å². The van der Waals surface area contributed by atoms with Gasteiger partial charge in [-0.05, 0) is 56.4 Å². The molecular formula is C22H29N3O. The molecule has 0 saturated heterocycles. The number of carbonyl (C=O) groups is 1. The van der Waals surface area contributed by atoms with Gasteiger partial charge in [0.05, 0.1) is 17.5 Å². The molecule has 0 radical (unpaired) electrons. The van der Waals surface area contributed by atoms with Gasteiger partial charge >= 0.3 is 0 Å². The van der Waals surface area contributed by atoms with Crippen LogP contribution in [0.3, 0.4) is 0 Å². The first-order chi connectivity index (χ1) is 12.7. The van der Waals surface area contributed by atoms with Crippen LogP contribution in [-0.2, 0) is 0 Å². The molecule has 138 valence electrons. The molecule has 4 rings (SSSR count). The Morgan fingerprint density at radius 2 is 1.96 bits per heavy atom. The van der Waals surface area contributed by atoms with Gasteiger partial charge in [-0.15, -0.1) is 0 Å². The molecule has 2 saturated carbocycles. The summed E-state index contributed by atoms with van der Waals surface area (Å²) < 4.78 is 2.08. The Bertz CT molecular complexity index is 757. The normalized spacial score (nSPS) is 23.3. The van der Waals surface area contributed by atoms with E-state index in [1.165, 1.54) is 31.2 Å². The number of carbonyl (C=O) groups excluding carboxylic acids is 1. The predicted molar refractivity (Wildman–Crippen MR) is 103 cm³/mol. The minimum atomic E-state index is 0.0598. The number of aromatic nitrogens is 2. The van der Waals surface area contributed by atoms with Crippen LogP contribution in [0.1, 0.15) is 85.4 Å². The van der Waals surface area contributed by atoms with Crippen LogP contribution in [0.25, 0.3) is 0 Å². The van der Waals surface area contributed by atoms with Crippen molar-refractivity contribution in [2.75, 3.05) is 6.54 Å². The van der Waals surface area contributed by atoms with Crippen LogP contribution in [0, 0.1) is 5.92 Å². The van der Waals surface area contributed by atoms with E-state index in [1.807, 2.05) is 0 Å². The Kier molecular flexibility index (Phi) is 4.84. The Balaban J connectivity index is 1.34. The third kappa shape index (κ3) is 3.42. The number of hydrogen-bond acceptors (Lipinski definition) is 2. The molecule has 0 spiro atoms. The lowest BCUT2D eigenvalue weighted by Gasteiger charge is -2.35. The van der Waals surface area contributed by atoms with E-state index in [0.29, 0.717) is 23.8 Å². The van der Waals surface area contributed by atoms with E-state index in [4.69, 9.17) is 0 Å². The van der Waals surface area contributed by atoms with Crippen molar-refractivity contribution in [1.29, 1.82) is 0 Å². The van der Waals surface area contributed by atoms with Gasteiger partial charge in [-0.25, -0.2) is 0 Å². The van der Waals surface area contributed by atoms with E-state index in [-0.39, 0.29) is 5.91 Å². The summed E-state index contributed by atoms with van der Waals surface area (Å²) in [6, 6.07) is 11.1. The van der Waals surface area contributed by atoms with Crippen LogP contribution in [0.15, 0.2) is 36.5 Å². The van der Waals surface area contributed by atoms with E-state index in [2.05, 4.69) is 59.3 Å². The van der Waals surface area contributed by atoms with Gasteiger partial charge in [0.25, 0.3) is 5.91 Å². The van der Waals surface area contributed by atoms with E-state index in [9.17, 15) is 4.79 Å². The van der Waals surface area contributed by atoms with Crippen LogP contribution in [0.4, 0.5) is 0 Å². The van der Waals surface area contributed by atoms with Crippen LogP contribution >= 0.6 is 0 Å². The van der Waals surface area contributed by atoms with Gasteiger partial charge in [0, 0.05) is 18.5 Å². The van der Waals surface area contributed by atoms with Gasteiger partial charge in [0.2, 0.25) is 0 Å². The highest BCUT2D eigenvalue weighted by Gasteiger charge is 2.34. The summed E-state index contributed by atoms with van der Waals surface area (Å²) in [6.07, 6.45) is 7.53. The van der Waals surface area contributed by atoms with Gasteiger partial charge in [-0.3, -0.25) is 9.48 Å². The van der Waals surface area contributed by atoms with Crippen molar-refractivity contribution in [2.45, 2.75) is 63.8 Å². The highest BCUT2D eigenvalue weighted by molar-refractivity contribution is 5.95. The summed E-state index contributed by atoms with van der Waals surface area (Å²) in [6.45, 7) is 5.13. The van der Waals surface area contributed by atoms with Gasteiger partial charge in [-0.1, -0.05) is 37.3 Å². The molecule has 0 aliphatic heterocycles. The lowest BCUT2D eigenvalue weighted by molar-refractivity contribution is 0.0934. The van der Waals surface area contributed by atoms with Crippen LogP contribution < -0.4 is 5.32 Å². The summed E-state index contributed by atoms with van der Waals surface area (Å²) in [7, 11) is 0. The molecular weight excluding hydrogens is 322 g/mol. The summed E-state index contributed by atoms with van der Waals surface area (Å²) in [4.78, 5) is 12.8. The molecule has 2 aliphatic rings. The Morgan fingerprint density at radius 1 is 1.23 bits per heavy atom. The number of benzene rings is 1. The molecule has 2 fully saturated rings. The first kappa shape index (κ1) is 17.3. The molecule has 4 nitrogen and oxygen atoms in total. The van der Waals surface area contributed by atoms with E-state index >= 15 is 0 Å². The fourth-order valence-electron chi connectivity index (χ4n) is 4.07. The van der Waals surface area contributed by atoms with Crippen molar-refractivity contribution in [3.63, 3.8) is 0 Å². The molecule has 0 bridgehead atoms. The average molecular weight is 351 g/mol. The van der Waals surface area contributed by atoms with Crippen molar-refractivity contribution in [1.82, 2.24) is 15.1 Å². The maximum atomic E-state index is 12.8. The Morgan fingerprint density at radius 3 is 2.62 bits per heavy atom. The molecule has 1 aromatic heterocycles. The Hall–Kier alpha value is -2.10. The summed E-state index contributed by atoms with van der Waals surface area (Å²) in [5, 5.41) is 7.71. The predicted octanol–water partition coefficient (Wildman–Crippen LogP) is 4.66. The lowest BCUT2D eigenvalue weighted by Crippen LogP contribution is -2.35. The Labute approximate surface area is 156 Å². The molecule has 4 heteroatoms. The second kappa shape index (κ2) is 7.26. The monoisotopic (exact) mass is 351 g/mol. The van der Waals surface area contributed by atoms with E-state index in [0.717, 1.165) is 24.2 Å². The molecule has 1 amide bonds. The fraction of sp³-hybridized carbons (Fsp3) is 0.545. The van der Waals surface area contributed by atoms with Gasteiger partial charge < -0.3 is 5.32 Å². The van der Waals surface area contributed by atoms with Gasteiger partial charge in [-0.2, -0.15) is 5.10 Å². The van der Waals surface area contributed by atoms with Crippen LogP contribution in [-0.4, -0.2) is 22.2 Å². The average Bonchev–Trinajstić information content (AvgIpc) is 3.38. The first-order valence-corrected chi connectivity index (χ1v) is 10.1. The van der Waals surface area contributed by atoms with Crippen LogP contribution in [0.5, 0.6) is 0 Å². The standard InChI is InChI=1S/C22H29N3O/c1-3-15(2)25-21(18-9-10-18)20(14-24-25)22(26)23-13-16-11-19(12-16)17-7-5-4-6-8-17/h4-8,14-16,18-19H,3,9-13H2,1-2H3,(H,23,26). The topological polar surface area (TPSA) is 46.9 Å². The quantitative estimate of drug-likeness (QED) is 0.789. The number of nitrogens with zero attached hydrogens (tertiary/aromatic N) is 2. The third-order valence-corrected chi connectivity index (χ3v) is 6.11. The van der Waals surface area contributed by atoms with Crippen molar-refractivity contribution in [2.24, 2.45) is 5.92 Å². The van der Waals surface area contributed by atoms with E-state index in [1.54, 1.807) is 6.20 Å². The molecule has 1 atom stereocenters. The van der Waals surface area contributed by atoms with Crippen molar-refractivity contribution in [3.8, 4) is 0 Å².